The van der Waals surface area contributed by atoms with Crippen LogP contribution in [0.25, 0.3) is 10.8 Å². The molecule has 4 aromatic carbocycles. The van der Waals surface area contributed by atoms with Crippen LogP contribution in [-0.4, -0.2) is 74.2 Å². The highest BCUT2D eigenvalue weighted by molar-refractivity contribution is 7.92. The van der Waals surface area contributed by atoms with Crippen LogP contribution in [0.3, 0.4) is 0 Å². The van der Waals surface area contributed by atoms with E-state index in [9.17, 15) is 27.5 Å². The molecule has 1 aliphatic heterocycles. The van der Waals surface area contributed by atoms with E-state index in [1.165, 1.54) is 28.0 Å². The maximum absolute atomic E-state index is 13.7. The van der Waals surface area contributed by atoms with Crippen LogP contribution in [-0.2, 0) is 10.0 Å². The van der Waals surface area contributed by atoms with E-state index in [0.717, 1.165) is 35.0 Å². The van der Waals surface area contributed by atoms with Crippen molar-refractivity contribution >= 4 is 44.1 Å². The fourth-order valence-electron chi connectivity index (χ4n) is 5.26. The maximum atomic E-state index is 13.7. The van der Waals surface area contributed by atoms with Crippen molar-refractivity contribution in [1.29, 1.82) is 0 Å². The lowest BCUT2D eigenvalue weighted by molar-refractivity contribution is 0.0373. The lowest BCUT2D eigenvalue weighted by Gasteiger charge is -2.38. The molecule has 0 spiro atoms. The topological polar surface area (TPSA) is 128 Å². The second-order valence-corrected chi connectivity index (χ2v) is 12.9. The van der Waals surface area contributed by atoms with E-state index in [1.54, 1.807) is 14.0 Å². The summed E-state index contributed by atoms with van der Waals surface area (Å²) in [7, 11) is -2.57. The Bertz CT molecular complexity index is 1810. The fraction of sp³-hybridized carbons (Fsp3) is 0.273. The zero-order valence-electron chi connectivity index (χ0n) is 25.1. The molecule has 12 heteroatoms. The number of aliphatic hydroxyl groups is 1. The van der Waals surface area contributed by atoms with Gasteiger partial charge in [0.1, 0.15) is 11.9 Å². The number of para-hydroxylation sites is 1. The number of aliphatic hydroxyl groups excluding tert-OH is 1. The molecule has 45 heavy (non-hydrogen) atoms. The van der Waals surface area contributed by atoms with Gasteiger partial charge < -0.3 is 25.0 Å². The van der Waals surface area contributed by atoms with Crippen LogP contribution in [0.15, 0.2) is 89.8 Å². The summed E-state index contributed by atoms with van der Waals surface area (Å²) in [6.07, 6.45) is -0.690. The van der Waals surface area contributed by atoms with Gasteiger partial charge in [-0.2, -0.15) is 0 Å². The van der Waals surface area contributed by atoms with E-state index >= 15 is 0 Å². The highest BCUT2D eigenvalue weighted by Crippen LogP contribution is 2.36. The lowest BCUT2D eigenvalue weighted by Crippen LogP contribution is -2.50. The number of rotatable bonds is 8. The molecule has 0 fully saturated rings. The van der Waals surface area contributed by atoms with Gasteiger partial charge in [0.05, 0.1) is 41.0 Å². The number of carbonyl (C=O) groups is 2. The first-order chi connectivity index (χ1) is 21.5. The summed E-state index contributed by atoms with van der Waals surface area (Å²) in [5.41, 5.74) is 0.742. The molecule has 1 aliphatic rings. The smallest absolute Gasteiger partial charge is 0.321 e. The minimum atomic E-state index is -4.19. The number of carbonyl (C=O) groups excluding carboxylic acids is 2. The van der Waals surface area contributed by atoms with Crippen LogP contribution in [0.4, 0.5) is 20.6 Å². The molecule has 3 amide bonds. The van der Waals surface area contributed by atoms with Crippen molar-refractivity contribution in [2.24, 2.45) is 5.92 Å². The minimum absolute atomic E-state index is 0.00346. The summed E-state index contributed by atoms with van der Waals surface area (Å²) in [4.78, 5) is 29.9. The monoisotopic (exact) mass is 634 g/mol. The molecule has 4 aromatic rings. The Morgan fingerprint density at radius 3 is 2.44 bits per heavy atom. The Hall–Kier alpha value is -4.68. The summed E-state index contributed by atoms with van der Waals surface area (Å²) >= 11 is 0. The maximum Gasteiger partial charge on any atom is 0.321 e. The average Bonchev–Trinajstić information content (AvgIpc) is 3.02. The number of hydrogen-bond donors (Lipinski definition) is 3. The Morgan fingerprint density at radius 2 is 1.71 bits per heavy atom. The number of urea groups is 1. The third-order valence-electron chi connectivity index (χ3n) is 7.89. The SMILES string of the molecule is C[C@H]1CN([C@@H](C)CO)C(=O)c2cccc(NS(=O)(=O)c3ccc(F)cc3)c2O[C@@H]1CN(C)C(=O)Nc1cccc2ccccc12. The van der Waals surface area contributed by atoms with Crippen LogP contribution < -0.4 is 14.8 Å². The third kappa shape index (κ3) is 6.86. The van der Waals surface area contributed by atoms with Crippen LogP contribution in [0.5, 0.6) is 5.75 Å². The number of fused-ring (bicyclic) bond motifs is 2. The molecule has 0 radical (unpaired) electrons. The summed E-state index contributed by atoms with van der Waals surface area (Å²) in [5, 5.41) is 14.8. The number of nitrogens with one attached hydrogen (secondary N) is 2. The highest BCUT2D eigenvalue weighted by Gasteiger charge is 2.35. The number of ether oxygens (including phenoxy) is 1. The van der Waals surface area contributed by atoms with Gasteiger partial charge in [0, 0.05) is 24.9 Å². The molecule has 0 unspecified atom stereocenters. The van der Waals surface area contributed by atoms with Crippen LogP contribution in [0.2, 0.25) is 0 Å². The summed E-state index contributed by atoms with van der Waals surface area (Å²) < 4.78 is 48.9. The van der Waals surface area contributed by atoms with Gasteiger partial charge in [-0.3, -0.25) is 9.52 Å². The van der Waals surface area contributed by atoms with E-state index in [2.05, 4.69) is 10.0 Å². The number of anilines is 2. The van der Waals surface area contributed by atoms with Crippen LogP contribution in [0, 0.1) is 11.7 Å². The van der Waals surface area contributed by atoms with Gasteiger partial charge in [0.15, 0.2) is 5.75 Å². The molecule has 3 N–H and O–H groups in total. The van der Waals surface area contributed by atoms with Gasteiger partial charge in [-0.25, -0.2) is 17.6 Å². The first-order valence-corrected chi connectivity index (χ1v) is 16.0. The molecule has 3 atom stereocenters. The van der Waals surface area contributed by atoms with Gasteiger partial charge in [0.25, 0.3) is 15.9 Å². The van der Waals surface area contributed by atoms with Gasteiger partial charge in [-0.15, -0.1) is 0 Å². The number of sulfonamides is 1. The summed E-state index contributed by atoms with van der Waals surface area (Å²) in [6.45, 7) is 3.60. The standard InChI is InChI=1S/C33H35FN4O6S/c1-21-18-38(22(2)20-39)32(40)27-11-7-13-29(36-45(42,43)25-16-14-24(34)15-17-25)31(27)44-30(21)19-37(3)33(41)35-28-12-6-9-23-8-4-5-10-26(23)28/h4-17,21-22,30,36,39H,18-20H2,1-3H3,(H,35,41)/t21-,22-,30+/m0/s1. The van der Waals surface area contributed by atoms with E-state index in [4.69, 9.17) is 4.74 Å². The molecule has 1 heterocycles. The lowest BCUT2D eigenvalue weighted by atomic mass is 9.99. The molecule has 0 aliphatic carbocycles. The number of amides is 3. The second kappa shape index (κ2) is 13.1. The third-order valence-corrected chi connectivity index (χ3v) is 9.27. The Labute approximate surface area is 261 Å². The van der Waals surface area contributed by atoms with Gasteiger partial charge in [0.2, 0.25) is 0 Å². The van der Waals surface area contributed by atoms with E-state index < -0.39 is 33.9 Å². The molecule has 5 rings (SSSR count). The van der Waals surface area contributed by atoms with E-state index in [-0.39, 0.29) is 53.5 Å². The van der Waals surface area contributed by atoms with Gasteiger partial charge >= 0.3 is 6.03 Å². The largest absolute Gasteiger partial charge is 0.485 e. The first kappa shape index (κ1) is 31.7. The molecule has 0 bridgehead atoms. The Balaban J connectivity index is 1.47. The normalized spacial score (nSPS) is 17.4. The van der Waals surface area contributed by atoms with Crippen molar-refractivity contribution in [1.82, 2.24) is 9.80 Å². The predicted octanol–water partition coefficient (Wildman–Crippen LogP) is 5.16. The summed E-state index contributed by atoms with van der Waals surface area (Å²) in [5.74, 6) is -1.38. The molecular formula is C33H35FN4O6S. The average molecular weight is 635 g/mol. The second-order valence-electron chi connectivity index (χ2n) is 11.2. The van der Waals surface area contributed by atoms with Crippen molar-refractivity contribution in [2.45, 2.75) is 30.9 Å². The van der Waals surface area contributed by atoms with Gasteiger partial charge in [-0.05, 0) is 54.8 Å². The molecule has 0 saturated heterocycles. The predicted molar refractivity (Wildman–Crippen MR) is 170 cm³/mol. The number of hydrogen-bond acceptors (Lipinski definition) is 6. The quantitative estimate of drug-likeness (QED) is 0.246. The molecule has 0 saturated carbocycles. The minimum Gasteiger partial charge on any atom is -0.485 e. The Morgan fingerprint density at radius 1 is 1.04 bits per heavy atom. The number of benzene rings is 4. The van der Waals surface area contributed by atoms with Crippen molar-refractivity contribution < 1.29 is 32.2 Å². The van der Waals surface area contributed by atoms with Gasteiger partial charge in [-0.1, -0.05) is 49.4 Å². The number of likely N-dealkylation sites (N-methyl/N-ethyl adjacent to an activating group) is 1. The number of halogens is 1. The Kier molecular flexibility index (Phi) is 9.26. The van der Waals surface area contributed by atoms with Crippen molar-refractivity contribution in [3.8, 4) is 5.75 Å². The fourth-order valence-corrected chi connectivity index (χ4v) is 6.32. The van der Waals surface area contributed by atoms with Crippen LogP contribution in [0.1, 0.15) is 24.2 Å². The van der Waals surface area contributed by atoms with Crippen molar-refractivity contribution in [3.63, 3.8) is 0 Å². The number of nitrogens with zero attached hydrogens (tertiary/aromatic N) is 2. The highest BCUT2D eigenvalue weighted by atomic mass is 32.2. The first-order valence-electron chi connectivity index (χ1n) is 14.5. The molecule has 10 nitrogen and oxygen atoms in total. The molecule has 0 aromatic heterocycles. The van der Waals surface area contributed by atoms with Crippen molar-refractivity contribution in [3.05, 3.63) is 96.3 Å². The zero-order chi connectivity index (χ0) is 32.3. The molecule has 236 valence electrons. The summed E-state index contributed by atoms with van der Waals surface area (Å²) in [6, 6.07) is 21.3. The molecular weight excluding hydrogens is 599 g/mol. The van der Waals surface area contributed by atoms with E-state index in [1.807, 2.05) is 49.4 Å². The zero-order valence-corrected chi connectivity index (χ0v) is 25.9. The van der Waals surface area contributed by atoms with Crippen LogP contribution >= 0.6 is 0 Å². The van der Waals surface area contributed by atoms with E-state index in [0.29, 0.717) is 5.69 Å². The van der Waals surface area contributed by atoms with Crippen molar-refractivity contribution in [2.75, 3.05) is 36.8 Å².